The van der Waals surface area contributed by atoms with Crippen LogP contribution in [0.15, 0.2) is 30.5 Å². The van der Waals surface area contributed by atoms with E-state index < -0.39 is 15.8 Å². The number of anilines is 3. The molecule has 0 aliphatic carbocycles. The van der Waals surface area contributed by atoms with Crippen LogP contribution in [-0.4, -0.2) is 60.5 Å². The maximum atomic E-state index is 15.9. The van der Waals surface area contributed by atoms with Crippen molar-refractivity contribution in [3.8, 4) is 21.8 Å². The average molecular weight is 577 g/mol. The van der Waals surface area contributed by atoms with E-state index in [1.54, 1.807) is 31.3 Å². The van der Waals surface area contributed by atoms with E-state index in [0.29, 0.717) is 47.0 Å². The summed E-state index contributed by atoms with van der Waals surface area (Å²) < 4.78 is 43.0. The Morgan fingerprint density at radius 2 is 1.97 bits per heavy atom. The number of aliphatic hydroxyl groups excluding tert-OH is 1. The molecule has 0 atom stereocenters. The molecule has 0 amide bonds. The van der Waals surface area contributed by atoms with Gasteiger partial charge in [-0.1, -0.05) is 38.2 Å². The van der Waals surface area contributed by atoms with Crippen molar-refractivity contribution in [2.75, 3.05) is 46.9 Å². The molecule has 3 heterocycles. The molecule has 1 aromatic carbocycles. The summed E-state index contributed by atoms with van der Waals surface area (Å²) in [6.45, 7) is 8.43. The first-order valence-electron chi connectivity index (χ1n) is 13.4. The Labute approximate surface area is 234 Å². The Morgan fingerprint density at radius 3 is 2.67 bits per heavy atom. The summed E-state index contributed by atoms with van der Waals surface area (Å²) in [6.07, 6.45) is 4.78. The van der Waals surface area contributed by atoms with Crippen LogP contribution in [0.25, 0.3) is 21.8 Å². The molecule has 1 aliphatic heterocycles. The summed E-state index contributed by atoms with van der Waals surface area (Å²) in [5, 5.41) is 13.3. The summed E-state index contributed by atoms with van der Waals surface area (Å²) >= 11 is 1.44. The smallest absolute Gasteiger partial charge is 0.232 e. The number of nitrogens with zero attached hydrogens (tertiary/aromatic N) is 4. The highest BCUT2D eigenvalue weighted by atomic mass is 32.2. The van der Waals surface area contributed by atoms with Gasteiger partial charge in [0.05, 0.1) is 27.7 Å². The van der Waals surface area contributed by atoms with E-state index in [-0.39, 0.29) is 23.6 Å². The number of halogens is 1. The molecule has 3 aromatic rings. The van der Waals surface area contributed by atoms with Crippen LogP contribution in [-0.2, 0) is 10.0 Å². The van der Waals surface area contributed by atoms with Gasteiger partial charge in [-0.05, 0) is 55.7 Å². The third-order valence-electron chi connectivity index (χ3n) is 6.59. The van der Waals surface area contributed by atoms with Crippen LogP contribution < -0.4 is 14.9 Å². The Bertz CT molecular complexity index is 1360. The van der Waals surface area contributed by atoms with Crippen molar-refractivity contribution in [1.29, 1.82) is 0 Å². The standard InChI is InChI=1S/C27H37FN6O3S2/c1-4-16-39(36,37)33-21-7-5-6-20(23(21)28)24-25(22-8-12-29-26(31-22)30-17-18(2)3)38-27(32-24)34-13-9-19(10-14-34)11-15-35/h5-8,12,18-19,33,35H,4,9-11,13-17H2,1-3H3,(H,29,30,31). The number of piperidine rings is 1. The highest BCUT2D eigenvalue weighted by Crippen LogP contribution is 2.42. The zero-order valence-electron chi connectivity index (χ0n) is 22.7. The SMILES string of the molecule is CCCS(=O)(=O)Nc1cccc(-c2nc(N3CCC(CCO)CC3)sc2-c2ccnc(NCC(C)C)n2)c1F. The van der Waals surface area contributed by atoms with Gasteiger partial charge in [0, 0.05) is 38.0 Å². The second kappa shape index (κ2) is 13.0. The van der Waals surface area contributed by atoms with Crippen LogP contribution in [0.2, 0.25) is 0 Å². The van der Waals surface area contributed by atoms with Crippen LogP contribution >= 0.6 is 11.3 Å². The van der Waals surface area contributed by atoms with Crippen molar-refractivity contribution in [1.82, 2.24) is 15.0 Å². The molecule has 0 radical (unpaired) electrons. The van der Waals surface area contributed by atoms with Crippen molar-refractivity contribution in [3.63, 3.8) is 0 Å². The quantitative estimate of drug-likeness (QED) is 0.268. The predicted octanol–water partition coefficient (Wildman–Crippen LogP) is 5.22. The van der Waals surface area contributed by atoms with Gasteiger partial charge in [-0.15, -0.1) is 0 Å². The number of benzene rings is 1. The van der Waals surface area contributed by atoms with Gasteiger partial charge in [-0.2, -0.15) is 0 Å². The molecule has 1 fully saturated rings. The molecule has 0 saturated carbocycles. The first kappa shape index (κ1) is 29.2. The first-order valence-corrected chi connectivity index (χ1v) is 15.9. The molecule has 12 heteroatoms. The summed E-state index contributed by atoms with van der Waals surface area (Å²) in [6, 6.07) is 6.44. The minimum absolute atomic E-state index is 0.0951. The molecular weight excluding hydrogens is 539 g/mol. The van der Waals surface area contributed by atoms with E-state index in [2.05, 4.69) is 33.8 Å². The summed E-state index contributed by atoms with van der Waals surface area (Å²) in [5.74, 6) is 0.594. The molecular formula is C27H37FN6O3S2. The van der Waals surface area contributed by atoms with Gasteiger partial charge in [-0.3, -0.25) is 4.72 Å². The molecule has 0 unspecified atom stereocenters. The molecule has 212 valence electrons. The van der Waals surface area contributed by atoms with E-state index in [0.717, 1.165) is 37.5 Å². The second-order valence-corrected chi connectivity index (χ2v) is 13.1. The van der Waals surface area contributed by atoms with Gasteiger partial charge < -0.3 is 15.3 Å². The molecule has 3 N–H and O–H groups in total. The zero-order chi connectivity index (χ0) is 28.0. The molecule has 0 spiro atoms. The molecule has 39 heavy (non-hydrogen) atoms. The lowest BCUT2D eigenvalue weighted by Crippen LogP contribution is -2.33. The predicted molar refractivity (Wildman–Crippen MR) is 156 cm³/mol. The van der Waals surface area contributed by atoms with Gasteiger partial charge in [0.25, 0.3) is 0 Å². The Morgan fingerprint density at radius 1 is 1.21 bits per heavy atom. The number of rotatable bonds is 12. The van der Waals surface area contributed by atoms with Gasteiger partial charge in [0.15, 0.2) is 10.9 Å². The fraction of sp³-hybridized carbons (Fsp3) is 0.519. The maximum Gasteiger partial charge on any atom is 0.232 e. The molecule has 1 aliphatic rings. The number of hydrogen-bond acceptors (Lipinski definition) is 9. The fourth-order valence-electron chi connectivity index (χ4n) is 4.54. The highest BCUT2D eigenvalue weighted by molar-refractivity contribution is 7.92. The number of aromatic nitrogens is 3. The van der Waals surface area contributed by atoms with Crippen molar-refractivity contribution < 1.29 is 17.9 Å². The van der Waals surface area contributed by atoms with Crippen LogP contribution in [0.4, 0.5) is 21.2 Å². The highest BCUT2D eigenvalue weighted by Gasteiger charge is 2.26. The molecule has 1 saturated heterocycles. The summed E-state index contributed by atoms with van der Waals surface area (Å²) in [7, 11) is -3.67. The Balaban J connectivity index is 1.75. The molecule has 2 aromatic heterocycles. The number of hydrogen-bond donors (Lipinski definition) is 3. The fourth-order valence-corrected chi connectivity index (χ4v) is 6.78. The third kappa shape index (κ3) is 7.43. The van der Waals surface area contributed by atoms with E-state index in [1.807, 2.05) is 0 Å². The number of thiazole rings is 1. The monoisotopic (exact) mass is 576 g/mol. The lowest BCUT2D eigenvalue weighted by atomic mass is 9.94. The maximum absolute atomic E-state index is 15.9. The average Bonchev–Trinajstić information content (AvgIpc) is 3.35. The van der Waals surface area contributed by atoms with E-state index in [9.17, 15) is 13.5 Å². The number of nitrogens with one attached hydrogen (secondary N) is 2. The van der Waals surface area contributed by atoms with Gasteiger partial charge in [0.1, 0.15) is 0 Å². The van der Waals surface area contributed by atoms with E-state index in [4.69, 9.17) is 9.97 Å². The molecule has 4 rings (SSSR count). The first-order chi connectivity index (χ1) is 18.7. The number of sulfonamides is 1. The van der Waals surface area contributed by atoms with Crippen molar-refractivity contribution in [2.24, 2.45) is 11.8 Å². The Hall–Kier alpha value is -2.83. The number of aliphatic hydroxyl groups is 1. The summed E-state index contributed by atoms with van der Waals surface area (Å²) in [4.78, 5) is 16.8. The van der Waals surface area contributed by atoms with Crippen LogP contribution in [0, 0.1) is 17.7 Å². The lowest BCUT2D eigenvalue weighted by Gasteiger charge is -2.31. The van der Waals surface area contributed by atoms with Gasteiger partial charge >= 0.3 is 0 Å². The van der Waals surface area contributed by atoms with Crippen LogP contribution in [0.1, 0.15) is 46.5 Å². The van der Waals surface area contributed by atoms with Crippen molar-refractivity contribution in [3.05, 3.63) is 36.3 Å². The summed E-state index contributed by atoms with van der Waals surface area (Å²) in [5.41, 5.74) is 1.12. The molecule has 9 nitrogen and oxygen atoms in total. The minimum atomic E-state index is -3.67. The third-order valence-corrected chi connectivity index (χ3v) is 9.20. The topological polar surface area (TPSA) is 120 Å². The van der Waals surface area contributed by atoms with Gasteiger partial charge in [-0.25, -0.2) is 27.8 Å². The zero-order valence-corrected chi connectivity index (χ0v) is 24.3. The minimum Gasteiger partial charge on any atom is -0.396 e. The lowest BCUT2D eigenvalue weighted by molar-refractivity contribution is 0.240. The van der Waals surface area contributed by atoms with E-state index in [1.165, 1.54) is 17.4 Å². The van der Waals surface area contributed by atoms with Gasteiger partial charge in [0.2, 0.25) is 16.0 Å². The van der Waals surface area contributed by atoms with Crippen molar-refractivity contribution in [2.45, 2.75) is 46.5 Å². The normalized spacial score (nSPS) is 14.7. The van der Waals surface area contributed by atoms with Crippen LogP contribution in [0.5, 0.6) is 0 Å². The van der Waals surface area contributed by atoms with E-state index >= 15 is 4.39 Å². The Kier molecular flexibility index (Phi) is 9.73. The largest absolute Gasteiger partial charge is 0.396 e. The molecule has 0 bridgehead atoms. The second-order valence-electron chi connectivity index (χ2n) is 10.2. The van der Waals surface area contributed by atoms with Crippen LogP contribution in [0.3, 0.4) is 0 Å². The van der Waals surface area contributed by atoms with Crippen molar-refractivity contribution >= 4 is 38.1 Å².